The van der Waals surface area contributed by atoms with Crippen molar-refractivity contribution >= 4 is 41.0 Å². The highest BCUT2D eigenvalue weighted by molar-refractivity contribution is 8.01. The quantitative estimate of drug-likeness (QED) is 0.433. The fourth-order valence-corrected chi connectivity index (χ4v) is 8.38. The molecule has 4 heterocycles. The van der Waals surface area contributed by atoms with Crippen molar-refractivity contribution in [3.05, 3.63) is 59.4 Å². The molecule has 3 fully saturated rings. The summed E-state index contributed by atoms with van der Waals surface area (Å²) in [5.41, 5.74) is 3.08. The van der Waals surface area contributed by atoms with Gasteiger partial charge in [-0.25, -0.2) is 9.18 Å². The third-order valence-electron chi connectivity index (χ3n) is 9.48. The molecule has 2 N–H and O–H groups in total. The van der Waals surface area contributed by atoms with Gasteiger partial charge in [0.15, 0.2) is 0 Å². The van der Waals surface area contributed by atoms with Crippen LogP contribution in [0.4, 0.5) is 20.6 Å². The number of β-amino-alcohol motifs (C(OH)–C–C–N with tert-alkyl or cyclic N) is 1. The molecule has 242 valence electrons. The molecule has 1 unspecified atom stereocenters. The van der Waals surface area contributed by atoms with Crippen molar-refractivity contribution in [2.45, 2.75) is 82.2 Å². The summed E-state index contributed by atoms with van der Waals surface area (Å²) in [5.74, 6) is -0.511. The number of thioether (sulfide) groups is 1. The van der Waals surface area contributed by atoms with Crippen LogP contribution in [0.15, 0.2) is 42.5 Å². The number of anilines is 2. The molecule has 0 aromatic heterocycles. The van der Waals surface area contributed by atoms with Crippen molar-refractivity contribution in [2.75, 3.05) is 42.9 Å². The molecule has 0 spiro atoms. The van der Waals surface area contributed by atoms with E-state index >= 15 is 4.39 Å². The third-order valence-corrected chi connectivity index (χ3v) is 10.9. The standard InChI is InChI=1S/C34H44FN5O4S/c1-34(2,3)14-18-39-31(43)28(45-32(39)25-8-6-9-26(35)30(25)38-17-13-24(41)21-38)19-29(42)37-15-11-23(12-16-37)40-20-22-7-4-5-10-27(22)36-33(40)44/h4-10,23-24,28,32,41H,11-21H2,1-3H3,(H,36,44)/t24?,28-,32-/m0/s1. The van der Waals surface area contributed by atoms with Crippen LogP contribution in [0.5, 0.6) is 0 Å². The molecule has 3 saturated heterocycles. The molecule has 6 rings (SSSR count). The number of nitrogens with one attached hydrogen (secondary N) is 1. The summed E-state index contributed by atoms with van der Waals surface area (Å²) in [6.45, 7) is 9.42. The fraction of sp³-hybridized carbons (Fsp3) is 0.559. The number of fused-ring (bicyclic) bond motifs is 1. The first kappa shape index (κ1) is 31.7. The van der Waals surface area contributed by atoms with Crippen molar-refractivity contribution in [2.24, 2.45) is 5.41 Å². The highest BCUT2D eigenvalue weighted by Crippen LogP contribution is 2.48. The Morgan fingerprint density at radius 3 is 2.51 bits per heavy atom. The first-order valence-corrected chi connectivity index (χ1v) is 17.0. The van der Waals surface area contributed by atoms with Gasteiger partial charge in [-0.3, -0.25) is 9.59 Å². The maximum atomic E-state index is 15.4. The molecule has 4 aliphatic heterocycles. The Hall–Kier alpha value is -3.31. The molecule has 0 aliphatic carbocycles. The van der Waals surface area contributed by atoms with Crippen molar-refractivity contribution < 1.29 is 23.9 Å². The maximum absolute atomic E-state index is 15.4. The number of carbonyl (C=O) groups excluding carboxylic acids is 3. The van der Waals surface area contributed by atoms with Gasteiger partial charge in [-0.1, -0.05) is 51.1 Å². The summed E-state index contributed by atoms with van der Waals surface area (Å²) in [7, 11) is 0. The summed E-state index contributed by atoms with van der Waals surface area (Å²) >= 11 is 1.43. The van der Waals surface area contributed by atoms with Crippen molar-refractivity contribution in [1.82, 2.24) is 14.7 Å². The van der Waals surface area contributed by atoms with E-state index < -0.39 is 16.7 Å². The van der Waals surface area contributed by atoms with Crippen LogP contribution in [0.25, 0.3) is 0 Å². The zero-order valence-electron chi connectivity index (χ0n) is 26.4. The van der Waals surface area contributed by atoms with E-state index in [9.17, 15) is 19.5 Å². The average molecular weight is 638 g/mol. The second-order valence-electron chi connectivity index (χ2n) is 13.9. The van der Waals surface area contributed by atoms with Gasteiger partial charge in [0, 0.05) is 63.0 Å². The second kappa shape index (κ2) is 12.8. The molecule has 45 heavy (non-hydrogen) atoms. The van der Waals surface area contributed by atoms with Crippen molar-refractivity contribution in [1.29, 1.82) is 0 Å². The van der Waals surface area contributed by atoms with E-state index in [0.717, 1.165) is 17.7 Å². The molecule has 0 radical (unpaired) electrons. The van der Waals surface area contributed by atoms with E-state index in [1.165, 1.54) is 17.8 Å². The number of nitrogens with zero attached hydrogens (tertiary/aromatic N) is 4. The van der Waals surface area contributed by atoms with Gasteiger partial charge in [0.1, 0.15) is 11.2 Å². The molecule has 3 atom stereocenters. The number of hydrogen-bond donors (Lipinski definition) is 2. The minimum Gasteiger partial charge on any atom is -0.391 e. The lowest BCUT2D eigenvalue weighted by Crippen LogP contribution is -2.51. The molecule has 0 saturated carbocycles. The molecular weight excluding hydrogens is 593 g/mol. The number of carbonyl (C=O) groups is 3. The fourth-order valence-electron chi connectivity index (χ4n) is 6.89. The van der Waals surface area contributed by atoms with Crippen LogP contribution in [-0.2, 0) is 16.1 Å². The number of piperidine rings is 1. The highest BCUT2D eigenvalue weighted by atomic mass is 32.2. The van der Waals surface area contributed by atoms with E-state index in [-0.39, 0.29) is 41.5 Å². The first-order valence-electron chi connectivity index (χ1n) is 16.1. The Labute approximate surface area is 269 Å². The number of hydrogen-bond acceptors (Lipinski definition) is 6. The molecule has 2 aromatic rings. The smallest absolute Gasteiger partial charge is 0.322 e. The average Bonchev–Trinajstić information content (AvgIpc) is 3.57. The lowest BCUT2D eigenvalue weighted by Gasteiger charge is -2.40. The number of amides is 4. The Morgan fingerprint density at radius 1 is 1.04 bits per heavy atom. The monoisotopic (exact) mass is 637 g/mol. The van der Waals surface area contributed by atoms with Crippen LogP contribution >= 0.6 is 11.8 Å². The number of para-hydroxylation sites is 2. The topological polar surface area (TPSA) is 96.4 Å². The first-order chi connectivity index (χ1) is 21.5. The van der Waals surface area contributed by atoms with Crippen LogP contribution in [0, 0.1) is 11.2 Å². The molecule has 2 aromatic carbocycles. The van der Waals surface area contributed by atoms with E-state index in [1.54, 1.807) is 6.07 Å². The number of rotatable bonds is 7. The maximum Gasteiger partial charge on any atom is 0.322 e. The molecule has 4 aliphatic rings. The van der Waals surface area contributed by atoms with Gasteiger partial charge < -0.3 is 30.0 Å². The van der Waals surface area contributed by atoms with Gasteiger partial charge in [-0.15, -0.1) is 11.8 Å². The van der Waals surface area contributed by atoms with E-state index in [1.807, 2.05) is 49.9 Å². The molecular formula is C34H44FN5O4S. The van der Waals surface area contributed by atoms with Crippen molar-refractivity contribution in [3.8, 4) is 0 Å². The van der Waals surface area contributed by atoms with E-state index in [0.29, 0.717) is 69.8 Å². The number of benzene rings is 2. The lowest BCUT2D eigenvalue weighted by molar-refractivity contribution is -0.137. The summed E-state index contributed by atoms with van der Waals surface area (Å²) in [5, 5.41) is 12.2. The van der Waals surface area contributed by atoms with Crippen LogP contribution in [-0.4, -0.2) is 87.8 Å². The van der Waals surface area contributed by atoms with Gasteiger partial charge in [-0.2, -0.15) is 0 Å². The number of urea groups is 1. The number of aliphatic hydroxyl groups excluding tert-OH is 1. The minimum atomic E-state index is -0.565. The molecule has 9 nitrogen and oxygen atoms in total. The van der Waals surface area contributed by atoms with Crippen LogP contribution in [0.2, 0.25) is 0 Å². The largest absolute Gasteiger partial charge is 0.391 e. The number of aliphatic hydroxyl groups is 1. The van der Waals surface area contributed by atoms with Crippen molar-refractivity contribution in [3.63, 3.8) is 0 Å². The van der Waals surface area contributed by atoms with Gasteiger partial charge in [0.2, 0.25) is 11.8 Å². The molecule has 4 amide bonds. The minimum absolute atomic E-state index is 0.00901. The molecule has 0 bridgehead atoms. The summed E-state index contributed by atoms with van der Waals surface area (Å²) in [6, 6.07) is 12.7. The second-order valence-corrected chi connectivity index (χ2v) is 15.2. The van der Waals surface area contributed by atoms with Crippen LogP contribution in [0.1, 0.15) is 69.4 Å². The van der Waals surface area contributed by atoms with Gasteiger partial charge in [-0.05, 0) is 48.8 Å². The zero-order chi connectivity index (χ0) is 31.9. The van der Waals surface area contributed by atoms with E-state index in [4.69, 9.17) is 0 Å². The van der Waals surface area contributed by atoms with E-state index in [2.05, 4.69) is 26.1 Å². The Balaban J connectivity index is 1.14. The molecule has 11 heteroatoms. The van der Waals surface area contributed by atoms with Crippen LogP contribution < -0.4 is 10.2 Å². The lowest BCUT2D eigenvalue weighted by atomic mass is 9.92. The summed E-state index contributed by atoms with van der Waals surface area (Å²) in [4.78, 5) is 47.8. The summed E-state index contributed by atoms with van der Waals surface area (Å²) in [6.07, 6.45) is 2.28. The normalized spacial score (nSPS) is 24.3. The Kier molecular flexibility index (Phi) is 9.03. The highest BCUT2D eigenvalue weighted by Gasteiger charge is 2.45. The Morgan fingerprint density at radius 2 is 1.80 bits per heavy atom. The van der Waals surface area contributed by atoms with Gasteiger partial charge in [0.25, 0.3) is 0 Å². The van der Waals surface area contributed by atoms with Gasteiger partial charge in [0.05, 0.1) is 17.0 Å². The third kappa shape index (κ3) is 6.79. The predicted octanol–water partition coefficient (Wildman–Crippen LogP) is 5.20. The zero-order valence-corrected chi connectivity index (χ0v) is 27.2. The van der Waals surface area contributed by atoms with Gasteiger partial charge >= 0.3 is 6.03 Å². The number of halogens is 1. The SMILES string of the molecule is CC(C)(C)CCN1C(=O)[C@H](CC(=O)N2CCC(N3Cc4ccccc4NC3=O)CC2)S[C@H]1c1cccc(F)c1N1CCC(O)C1. The van der Waals surface area contributed by atoms with Crippen LogP contribution in [0.3, 0.4) is 0 Å². The summed E-state index contributed by atoms with van der Waals surface area (Å²) < 4.78 is 15.4. The Bertz CT molecular complexity index is 1440. The number of likely N-dealkylation sites (tertiary alicyclic amines) is 1. The predicted molar refractivity (Wildman–Crippen MR) is 174 cm³/mol.